The molecule has 0 aliphatic carbocycles. The third-order valence-electron chi connectivity index (χ3n) is 3.31. The highest BCUT2D eigenvalue weighted by atomic mass is 35.5. The minimum absolute atomic E-state index is 0.142. The highest BCUT2D eigenvalue weighted by Gasteiger charge is 2.17. The van der Waals surface area contributed by atoms with Gasteiger partial charge in [-0.3, -0.25) is 4.79 Å². The number of carbonyl (C=O) groups excluding carboxylic acids is 1. The monoisotopic (exact) mass is 371 g/mol. The number of rotatable bonds is 5. The fourth-order valence-electron chi connectivity index (χ4n) is 1.94. The predicted octanol–water partition coefficient (Wildman–Crippen LogP) is 4.10. The molecule has 0 atom stereocenters. The molecule has 0 fully saturated rings. The molecular formula is C16H15Cl2NO3S. The zero-order valence-corrected chi connectivity index (χ0v) is 14.7. The van der Waals surface area contributed by atoms with Crippen LogP contribution >= 0.6 is 23.2 Å². The number of amides is 1. The number of halogens is 2. The van der Waals surface area contributed by atoms with Gasteiger partial charge in [-0.05, 0) is 48.9 Å². The van der Waals surface area contributed by atoms with Crippen LogP contribution in [0.3, 0.4) is 0 Å². The lowest BCUT2D eigenvalue weighted by Crippen LogP contribution is -2.18. The second kappa shape index (κ2) is 7.34. The van der Waals surface area contributed by atoms with Crippen molar-refractivity contribution in [2.45, 2.75) is 18.2 Å². The van der Waals surface area contributed by atoms with Gasteiger partial charge in [0.05, 0.1) is 10.6 Å². The van der Waals surface area contributed by atoms with Gasteiger partial charge in [0, 0.05) is 22.2 Å². The van der Waals surface area contributed by atoms with Gasteiger partial charge in [0.15, 0.2) is 9.84 Å². The summed E-state index contributed by atoms with van der Waals surface area (Å²) in [6.07, 6.45) is -0.142. The zero-order chi connectivity index (χ0) is 17.0. The molecule has 23 heavy (non-hydrogen) atoms. The van der Waals surface area contributed by atoms with Crippen molar-refractivity contribution in [3.8, 4) is 0 Å². The lowest BCUT2D eigenvalue weighted by atomic mass is 10.2. The maximum absolute atomic E-state index is 12.2. The first kappa shape index (κ1) is 17.8. The third kappa shape index (κ3) is 4.70. The predicted molar refractivity (Wildman–Crippen MR) is 92.9 cm³/mol. The molecule has 0 aliphatic heterocycles. The Morgan fingerprint density at radius 3 is 2.39 bits per heavy atom. The highest BCUT2D eigenvalue weighted by Crippen LogP contribution is 2.23. The van der Waals surface area contributed by atoms with Crippen LogP contribution in [0.5, 0.6) is 0 Å². The van der Waals surface area contributed by atoms with Crippen molar-refractivity contribution in [1.82, 2.24) is 0 Å². The minimum atomic E-state index is -3.53. The molecule has 2 aromatic carbocycles. The normalized spacial score (nSPS) is 11.3. The van der Waals surface area contributed by atoms with Crippen molar-refractivity contribution in [3.63, 3.8) is 0 Å². The lowest BCUT2D eigenvalue weighted by molar-refractivity contribution is -0.115. The van der Waals surface area contributed by atoms with E-state index in [2.05, 4.69) is 5.32 Å². The first-order chi connectivity index (χ1) is 10.8. The molecule has 0 unspecified atom stereocenters. The number of benzene rings is 2. The van der Waals surface area contributed by atoms with E-state index in [0.717, 1.165) is 5.56 Å². The van der Waals surface area contributed by atoms with Gasteiger partial charge in [0.1, 0.15) is 0 Å². The fraction of sp³-hybridized carbons (Fsp3) is 0.188. The molecule has 1 amide bonds. The Hall–Kier alpha value is -1.56. The zero-order valence-electron chi connectivity index (χ0n) is 12.3. The lowest BCUT2D eigenvalue weighted by Gasteiger charge is -2.10. The molecule has 0 spiro atoms. The molecule has 122 valence electrons. The van der Waals surface area contributed by atoms with Crippen LogP contribution in [0.1, 0.15) is 12.0 Å². The molecule has 0 aromatic heterocycles. The van der Waals surface area contributed by atoms with Crippen molar-refractivity contribution in [1.29, 1.82) is 0 Å². The van der Waals surface area contributed by atoms with Crippen LogP contribution in [0.2, 0.25) is 10.0 Å². The maximum atomic E-state index is 12.2. The number of carbonyl (C=O) groups is 1. The average molecular weight is 372 g/mol. The Balaban J connectivity index is 2.01. The van der Waals surface area contributed by atoms with Crippen LogP contribution in [0, 0.1) is 6.92 Å². The highest BCUT2D eigenvalue weighted by molar-refractivity contribution is 7.91. The number of hydrogen-bond donors (Lipinski definition) is 1. The summed E-state index contributed by atoms with van der Waals surface area (Å²) in [4.78, 5) is 12.1. The summed E-state index contributed by atoms with van der Waals surface area (Å²) < 4.78 is 24.4. The minimum Gasteiger partial charge on any atom is -0.326 e. The molecular weight excluding hydrogens is 357 g/mol. The van der Waals surface area contributed by atoms with Gasteiger partial charge in [-0.25, -0.2) is 8.42 Å². The van der Waals surface area contributed by atoms with E-state index in [1.165, 1.54) is 24.3 Å². The SMILES string of the molecule is Cc1c(Cl)cccc1NC(=O)CCS(=O)(=O)c1ccc(Cl)cc1. The van der Waals surface area contributed by atoms with Gasteiger partial charge < -0.3 is 5.32 Å². The summed E-state index contributed by atoms with van der Waals surface area (Å²) in [6, 6.07) is 11.0. The molecule has 1 N–H and O–H groups in total. The smallest absolute Gasteiger partial charge is 0.225 e. The molecule has 0 saturated heterocycles. The van der Waals surface area contributed by atoms with E-state index in [1.807, 2.05) is 0 Å². The van der Waals surface area contributed by atoms with E-state index in [-0.39, 0.29) is 23.0 Å². The van der Waals surface area contributed by atoms with Crippen molar-refractivity contribution in [3.05, 3.63) is 58.1 Å². The van der Waals surface area contributed by atoms with Gasteiger partial charge in [-0.2, -0.15) is 0 Å². The second-order valence-corrected chi connectivity index (χ2v) is 7.94. The Kier molecular flexibility index (Phi) is 5.68. The van der Waals surface area contributed by atoms with Crippen LogP contribution in [0.25, 0.3) is 0 Å². The molecule has 0 saturated carbocycles. The summed E-state index contributed by atoms with van der Waals surface area (Å²) >= 11 is 11.7. The van der Waals surface area contributed by atoms with Crippen molar-refractivity contribution in [2.24, 2.45) is 0 Å². The van der Waals surface area contributed by atoms with Crippen LogP contribution in [0.4, 0.5) is 5.69 Å². The van der Waals surface area contributed by atoms with Gasteiger partial charge in [-0.1, -0.05) is 29.3 Å². The molecule has 0 heterocycles. The van der Waals surface area contributed by atoms with Gasteiger partial charge in [0.25, 0.3) is 0 Å². The summed E-state index contributed by atoms with van der Waals surface area (Å²) in [5.41, 5.74) is 1.31. The largest absolute Gasteiger partial charge is 0.326 e. The quantitative estimate of drug-likeness (QED) is 0.859. The summed E-state index contributed by atoms with van der Waals surface area (Å²) in [7, 11) is -3.53. The number of nitrogens with one attached hydrogen (secondary N) is 1. The maximum Gasteiger partial charge on any atom is 0.225 e. The molecule has 0 bridgehead atoms. The molecule has 2 aromatic rings. The summed E-state index contributed by atoms with van der Waals surface area (Å²) in [6.45, 7) is 1.78. The Morgan fingerprint density at radius 2 is 1.74 bits per heavy atom. The topological polar surface area (TPSA) is 63.2 Å². The summed E-state index contributed by atoms with van der Waals surface area (Å²) in [5, 5.41) is 3.67. The molecule has 2 rings (SSSR count). The average Bonchev–Trinajstić information content (AvgIpc) is 2.50. The Labute approximate surface area is 145 Å². The van der Waals surface area contributed by atoms with E-state index in [4.69, 9.17) is 23.2 Å². The van der Waals surface area contributed by atoms with E-state index in [1.54, 1.807) is 25.1 Å². The molecule has 7 heteroatoms. The standard InChI is InChI=1S/C16H15Cl2NO3S/c1-11-14(18)3-2-4-15(11)19-16(20)9-10-23(21,22)13-7-5-12(17)6-8-13/h2-8H,9-10H2,1H3,(H,19,20). The fourth-order valence-corrected chi connectivity index (χ4v) is 3.48. The first-order valence-electron chi connectivity index (χ1n) is 6.83. The number of sulfone groups is 1. The number of anilines is 1. The van der Waals surface area contributed by atoms with Crippen molar-refractivity contribution >= 4 is 44.6 Å². The Morgan fingerprint density at radius 1 is 1.09 bits per heavy atom. The van der Waals surface area contributed by atoms with Gasteiger partial charge >= 0.3 is 0 Å². The summed E-state index contributed by atoms with van der Waals surface area (Å²) in [5.74, 6) is -0.659. The van der Waals surface area contributed by atoms with Gasteiger partial charge in [0.2, 0.25) is 5.91 Å². The van der Waals surface area contributed by atoms with Crippen molar-refractivity contribution < 1.29 is 13.2 Å². The molecule has 0 aliphatic rings. The second-order valence-electron chi connectivity index (χ2n) is 4.98. The van der Waals surface area contributed by atoms with E-state index >= 15 is 0 Å². The molecule has 4 nitrogen and oxygen atoms in total. The van der Waals surface area contributed by atoms with Crippen LogP contribution in [-0.2, 0) is 14.6 Å². The van der Waals surface area contributed by atoms with Crippen LogP contribution < -0.4 is 5.32 Å². The Bertz CT molecular complexity index is 818. The van der Waals surface area contributed by atoms with E-state index in [9.17, 15) is 13.2 Å². The van der Waals surface area contributed by atoms with Gasteiger partial charge in [-0.15, -0.1) is 0 Å². The van der Waals surface area contributed by atoms with Crippen LogP contribution in [0.15, 0.2) is 47.4 Å². The van der Waals surface area contributed by atoms with E-state index in [0.29, 0.717) is 15.7 Å². The third-order valence-corrected chi connectivity index (χ3v) is 5.71. The van der Waals surface area contributed by atoms with Crippen molar-refractivity contribution in [2.75, 3.05) is 11.1 Å². The van der Waals surface area contributed by atoms with Crippen LogP contribution in [-0.4, -0.2) is 20.1 Å². The van der Waals surface area contributed by atoms with E-state index < -0.39 is 9.84 Å². The molecule has 0 radical (unpaired) electrons. The number of hydrogen-bond acceptors (Lipinski definition) is 3. The first-order valence-corrected chi connectivity index (χ1v) is 9.24.